The Hall–Kier alpha value is -3.65. The lowest BCUT2D eigenvalue weighted by atomic mass is 10.0. The molecule has 180 valence electrons. The van der Waals surface area contributed by atoms with E-state index < -0.39 is 61.3 Å². The molecular weight excluding hydrogens is 432 g/mol. The van der Waals surface area contributed by atoms with Crippen molar-refractivity contribution in [3.05, 3.63) is 35.4 Å². The number of alkyl carbamates (subject to hydrolysis) is 1. The first kappa shape index (κ1) is 27.4. The van der Waals surface area contributed by atoms with Crippen molar-refractivity contribution in [2.24, 2.45) is 0 Å². The zero-order valence-electron chi connectivity index (χ0n) is 19.4. The van der Waals surface area contributed by atoms with Crippen molar-refractivity contribution in [3.8, 4) is 6.07 Å². The van der Waals surface area contributed by atoms with Crippen molar-refractivity contribution in [2.45, 2.75) is 45.4 Å². The van der Waals surface area contributed by atoms with Gasteiger partial charge in [-0.25, -0.2) is 4.79 Å². The van der Waals surface area contributed by atoms with Gasteiger partial charge in [-0.05, 0) is 33.3 Å². The van der Waals surface area contributed by atoms with Gasteiger partial charge in [0.25, 0.3) is 0 Å². The van der Waals surface area contributed by atoms with Crippen LogP contribution in [0.2, 0.25) is 0 Å². The zero-order chi connectivity index (χ0) is 25.2. The maximum absolute atomic E-state index is 13.2. The minimum absolute atomic E-state index is 0.370. The third-order valence-corrected chi connectivity index (χ3v) is 4.25. The van der Waals surface area contributed by atoms with Gasteiger partial charge in [0.15, 0.2) is 0 Å². The van der Waals surface area contributed by atoms with Crippen molar-refractivity contribution in [1.82, 2.24) is 15.5 Å². The van der Waals surface area contributed by atoms with Gasteiger partial charge in [-0.1, -0.05) is 29.8 Å². The molecule has 1 aromatic carbocycles. The standard InChI is InChI=1S/C22H30N4O7/c1-14-7-6-8-15(11-14)18(19(29)24-12-17(28)32-5)26(10-9-23)20(30)16(13-27)25-21(31)33-22(2,3)4/h6-8,11,16,18,27H,10,12-13H2,1-5H3,(H,24,29)(H,25,31). The SMILES string of the molecule is COC(=O)CNC(=O)C(c1cccc(C)c1)N(CC#N)C(=O)C(CO)NC(=O)OC(C)(C)C. The van der Waals surface area contributed by atoms with Crippen LogP contribution in [0.4, 0.5) is 4.79 Å². The topological polar surface area (TPSA) is 158 Å². The van der Waals surface area contributed by atoms with E-state index in [4.69, 9.17) is 4.74 Å². The van der Waals surface area contributed by atoms with E-state index in [0.717, 1.165) is 17.6 Å². The molecule has 0 saturated heterocycles. The lowest BCUT2D eigenvalue weighted by Crippen LogP contribution is -2.54. The number of ether oxygens (including phenoxy) is 2. The highest BCUT2D eigenvalue weighted by Gasteiger charge is 2.36. The summed E-state index contributed by atoms with van der Waals surface area (Å²) in [5, 5.41) is 23.7. The summed E-state index contributed by atoms with van der Waals surface area (Å²) >= 11 is 0. The number of carbonyl (C=O) groups excluding carboxylic acids is 4. The minimum Gasteiger partial charge on any atom is -0.468 e. The Morgan fingerprint density at radius 2 is 1.91 bits per heavy atom. The van der Waals surface area contributed by atoms with Crippen molar-refractivity contribution >= 4 is 23.9 Å². The maximum Gasteiger partial charge on any atom is 0.408 e. The molecule has 3 amide bonds. The van der Waals surface area contributed by atoms with Crippen LogP contribution in [0.5, 0.6) is 0 Å². The highest BCUT2D eigenvalue weighted by atomic mass is 16.6. The predicted octanol–water partition coefficient (Wildman–Crippen LogP) is 0.563. The molecule has 0 saturated carbocycles. The second kappa shape index (κ2) is 12.4. The summed E-state index contributed by atoms with van der Waals surface area (Å²) < 4.78 is 9.64. The number of benzene rings is 1. The molecule has 11 nitrogen and oxygen atoms in total. The number of methoxy groups -OCH3 is 1. The number of carbonyl (C=O) groups is 4. The van der Waals surface area contributed by atoms with Gasteiger partial charge in [0.1, 0.15) is 30.8 Å². The van der Waals surface area contributed by atoms with Crippen molar-refractivity contribution < 1.29 is 33.8 Å². The molecule has 2 atom stereocenters. The van der Waals surface area contributed by atoms with E-state index in [-0.39, 0.29) is 0 Å². The van der Waals surface area contributed by atoms with Crippen LogP contribution in [0.1, 0.15) is 37.9 Å². The Labute approximate surface area is 192 Å². The Balaban J connectivity index is 3.31. The Kier molecular flexibility index (Phi) is 10.3. The molecule has 0 spiro atoms. The number of hydrogen-bond donors (Lipinski definition) is 3. The summed E-state index contributed by atoms with van der Waals surface area (Å²) in [5.41, 5.74) is 0.306. The van der Waals surface area contributed by atoms with Gasteiger partial charge in [0.2, 0.25) is 11.8 Å². The molecule has 0 aliphatic rings. The smallest absolute Gasteiger partial charge is 0.408 e. The van der Waals surface area contributed by atoms with Crippen LogP contribution < -0.4 is 10.6 Å². The van der Waals surface area contributed by atoms with Gasteiger partial charge in [0.05, 0.1) is 19.8 Å². The number of aliphatic hydroxyl groups excluding tert-OH is 1. The second-order valence-corrected chi connectivity index (χ2v) is 8.12. The van der Waals surface area contributed by atoms with Gasteiger partial charge >= 0.3 is 12.1 Å². The minimum atomic E-state index is -1.48. The lowest BCUT2D eigenvalue weighted by molar-refractivity contribution is -0.144. The average Bonchev–Trinajstić information content (AvgIpc) is 2.73. The molecule has 3 N–H and O–H groups in total. The molecule has 2 unspecified atom stereocenters. The van der Waals surface area contributed by atoms with Crippen molar-refractivity contribution in [2.75, 3.05) is 26.8 Å². The molecule has 33 heavy (non-hydrogen) atoms. The number of nitrogens with zero attached hydrogens (tertiary/aromatic N) is 2. The van der Waals surface area contributed by atoms with E-state index in [1.165, 1.54) is 0 Å². The molecule has 0 radical (unpaired) electrons. The molecule has 0 aliphatic heterocycles. The van der Waals surface area contributed by atoms with E-state index in [2.05, 4.69) is 15.4 Å². The van der Waals surface area contributed by atoms with Crippen LogP contribution in [-0.2, 0) is 23.9 Å². The zero-order valence-corrected chi connectivity index (χ0v) is 19.4. The van der Waals surface area contributed by atoms with Crippen LogP contribution in [0.25, 0.3) is 0 Å². The van der Waals surface area contributed by atoms with Gasteiger partial charge in [-0.2, -0.15) is 5.26 Å². The number of esters is 1. The molecule has 11 heteroatoms. The van der Waals surface area contributed by atoms with E-state index in [9.17, 15) is 29.5 Å². The molecular formula is C22H30N4O7. The fraction of sp³-hybridized carbons (Fsp3) is 0.500. The number of aryl methyl sites for hydroxylation is 1. The van der Waals surface area contributed by atoms with Crippen molar-refractivity contribution in [1.29, 1.82) is 5.26 Å². The summed E-state index contributed by atoms with van der Waals surface area (Å²) in [6.45, 7) is 4.88. The lowest BCUT2D eigenvalue weighted by Gasteiger charge is -2.32. The fourth-order valence-electron chi connectivity index (χ4n) is 2.85. The van der Waals surface area contributed by atoms with Gasteiger partial charge in [-0.15, -0.1) is 0 Å². The van der Waals surface area contributed by atoms with E-state index in [0.29, 0.717) is 5.56 Å². The maximum atomic E-state index is 13.2. The number of nitriles is 1. The average molecular weight is 463 g/mol. The first-order chi connectivity index (χ1) is 15.4. The second-order valence-electron chi connectivity index (χ2n) is 8.12. The molecule has 0 aliphatic carbocycles. The van der Waals surface area contributed by atoms with E-state index >= 15 is 0 Å². The van der Waals surface area contributed by atoms with Crippen LogP contribution in [0.3, 0.4) is 0 Å². The largest absolute Gasteiger partial charge is 0.468 e. The normalized spacial score (nSPS) is 12.5. The molecule has 0 bridgehead atoms. The molecule has 0 fully saturated rings. The summed E-state index contributed by atoms with van der Waals surface area (Å²) in [4.78, 5) is 50.8. The summed E-state index contributed by atoms with van der Waals surface area (Å²) in [6.07, 6.45) is -0.950. The van der Waals surface area contributed by atoms with E-state index in [1.54, 1.807) is 52.0 Å². The molecule has 0 aromatic heterocycles. The van der Waals surface area contributed by atoms with Crippen LogP contribution in [-0.4, -0.2) is 72.3 Å². The highest BCUT2D eigenvalue weighted by Crippen LogP contribution is 2.23. The predicted molar refractivity (Wildman–Crippen MR) is 117 cm³/mol. The number of hydrogen-bond acceptors (Lipinski definition) is 8. The first-order valence-electron chi connectivity index (χ1n) is 10.1. The van der Waals surface area contributed by atoms with Crippen LogP contribution in [0, 0.1) is 18.3 Å². The molecule has 0 heterocycles. The monoisotopic (exact) mass is 462 g/mol. The summed E-state index contributed by atoms with van der Waals surface area (Å²) in [5.74, 6) is -2.34. The third kappa shape index (κ3) is 8.78. The summed E-state index contributed by atoms with van der Waals surface area (Å²) in [6, 6.07) is 5.71. The summed E-state index contributed by atoms with van der Waals surface area (Å²) in [7, 11) is 1.16. The van der Waals surface area contributed by atoms with Crippen LogP contribution >= 0.6 is 0 Å². The number of amides is 3. The van der Waals surface area contributed by atoms with Gasteiger partial charge < -0.3 is 30.1 Å². The Morgan fingerprint density at radius 3 is 2.42 bits per heavy atom. The Bertz CT molecular complexity index is 905. The Morgan fingerprint density at radius 1 is 1.24 bits per heavy atom. The number of nitrogens with one attached hydrogen (secondary N) is 2. The highest BCUT2D eigenvalue weighted by molar-refractivity contribution is 5.93. The van der Waals surface area contributed by atoms with E-state index in [1.807, 2.05) is 6.07 Å². The van der Waals surface area contributed by atoms with Crippen LogP contribution in [0.15, 0.2) is 24.3 Å². The fourth-order valence-corrected chi connectivity index (χ4v) is 2.85. The van der Waals surface area contributed by atoms with Gasteiger partial charge in [0, 0.05) is 0 Å². The molecule has 1 aromatic rings. The molecule has 1 rings (SSSR count). The number of rotatable bonds is 9. The van der Waals surface area contributed by atoms with Gasteiger partial charge in [-0.3, -0.25) is 14.4 Å². The first-order valence-corrected chi connectivity index (χ1v) is 10.1. The van der Waals surface area contributed by atoms with Crippen molar-refractivity contribution in [3.63, 3.8) is 0 Å². The quantitative estimate of drug-likeness (QED) is 0.355. The third-order valence-electron chi connectivity index (χ3n) is 4.25. The number of aliphatic hydroxyl groups is 1.